The number of carbonyl (C=O) groups is 10. The number of hydrogen-bond acceptors (Lipinski definition) is 17. The Hall–Kier alpha value is -6.57. The SMILES string of the molecule is CC[C@H](C)[C@H](NC(=O)[C@@H](NC(=O)[C@H](CC(C)C)NC(=O)[C@@H](NC(=O)[C@H](CS)NC(=O)[C@@H](N)C(C)C)[C@@H](C)O)[C@@H](C)O)C(=O)N[C@@H](CCCCN)C(=O)N[C@@H](CCCN=C(N)N)C(=O)NCC(=O)N[C@@H](CCCN=C(N)N)C(=O)O. The first-order valence-corrected chi connectivity index (χ1v) is 27.0. The van der Waals surface area contributed by atoms with Crippen LogP contribution in [0, 0.1) is 17.8 Å². The van der Waals surface area contributed by atoms with Crippen molar-refractivity contribution in [3.8, 4) is 0 Å². The average Bonchev–Trinajstić information content (AvgIpc) is 3.36. The highest BCUT2D eigenvalue weighted by molar-refractivity contribution is 7.80. The number of rotatable bonds is 39. The number of carboxylic acid groups (broad SMARTS) is 1. The summed E-state index contributed by atoms with van der Waals surface area (Å²) >= 11 is 4.14. The van der Waals surface area contributed by atoms with Crippen LogP contribution in [0.5, 0.6) is 0 Å². The van der Waals surface area contributed by atoms with Gasteiger partial charge in [-0.1, -0.05) is 48.0 Å². The van der Waals surface area contributed by atoms with E-state index in [1.54, 1.807) is 41.5 Å². The number of aliphatic hydroxyl groups is 2. The first-order chi connectivity index (χ1) is 36.9. The monoisotopic (exact) mass is 1150 g/mol. The van der Waals surface area contributed by atoms with Gasteiger partial charge in [0.05, 0.1) is 24.8 Å². The van der Waals surface area contributed by atoms with E-state index in [-0.39, 0.29) is 87.7 Å². The molecule has 79 heavy (non-hydrogen) atoms. The minimum Gasteiger partial charge on any atom is -0.480 e. The van der Waals surface area contributed by atoms with Gasteiger partial charge in [-0.2, -0.15) is 12.6 Å². The molecule has 0 spiro atoms. The van der Waals surface area contributed by atoms with Crippen LogP contribution in [-0.4, -0.2) is 185 Å². The summed E-state index contributed by atoms with van der Waals surface area (Å²) in [5, 5.41) is 53.4. The second-order valence-corrected chi connectivity index (χ2v) is 20.4. The molecule has 452 valence electrons. The van der Waals surface area contributed by atoms with E-state index in [0.717, 1.165) is 0 Å². The second-order valence-electron chi connectivity index (χ2n) is 20.0. The molecule has 0 aliphatic heterocycles. The highest BCUT2D eigenvalue weighted by Gasteiger charge is 2.38. The molecule has 0 aliphatic rings. The number of hydrogen-bond donors (Lipinski definition) is 19. The molecule has 0 fully saturated rings. The smallest absolute Gasteiger partial charge is 0.326 e. The number of carboxylic acids is 1. The third kappa shape index (κ3) is 28.8. The fourth-order valence-corrected chi connectivity index (χ4v) is 7.61. The van der Waals surface area contributed by atoms with Gasteiger partial charge >= 0.3 is 5.97 Å². The van der Waals surface area contributed by atoms with Crippen LogP contribution in [0.25, 0.3) is 0 Å². The average molecular weight is 1150 g/mol. The fourth-order valence-electron chi connectivity index (χ4n) is 7.36. The van der Waals surface area contributed by atoms with Gasteiger partial charge in [0.25, 0.3) is 0 Å². The predicted octanol–water partition coefficient (Wildman–Crippen LogP) is -5.93. The van der Waals surface area contributed by atoms with E-state index in [9.17, 15) is 63.3 Å². The topological polar surface area (TPSA) is 520 Å². The van der Waals surface area contributed by atoms with Crippen molar-refractivity contribution in [3.05, 3.63) is 0 Å². The van der Waals surface area contributed by atoms with Gasteiger partial charge in [-0.3, -0.25) is 53.1 Å². The maximum Gasteiger partial charge on any atom is 0.326 e. The van der Waals surface area contributed by atoms with Gasteiger partial charge in [0.15, 0.2) is 11.9 Å². The van der Waals surface area contributed by atoms with E-state index in [0.29, 0.717) is 19.3 Å². The molecule has 0 rings (SSSR count). The molecule has 0 radical (unpaired) electrons. The van der Waals surface area contributed by atoms with Crippen LogP contribution in [0.4, 0.5) is 0 Å². The van der Waals surface area contributed by atoms with Crippen molar-refractivity contribution < 1.29 is 63.3 Å². The van der Waals surface area contributed by atoms with Crippen LogP contribution >= 0.6 is 12.6 Å². The lowest BCUT2D eigenvalue weighted by Gasteiger charge is -2.31. The van der Waals surface area contributed by atoms with E-state index in [4.69, 9.17) is 34.4 Å². The highest BCUT2D eigenvalue weighted by atomic mass is 32.1. The summed E-state index contributed by atoms with van der Waals surface area (Å²) in [4.78, 5) is 142. The number of carbonyl (C=O) groups excluding carboxylic acids is 9. The number of aliphatic imine (C=N–C) groups is 2. The molecular formula is C48H91N17O13S. The zero-order valence-corrected chi connectivity index (χ0v) is 47.6. The number of thiol groups is 1. The van der Waals surface area contributed by atoms with Crippen molar-refractivity contribution in [1.82, 2.24) is 47.9 Å². The van der Waals surface area contributed by atoms with E-state index in [1.165, 1.54) is 13.8 Å². The molecule has 0 aliphatic carbocycles. The van der Waals surface area contributed by atoms with E-state index in [2.05, 4.69) is 70.5 Å². The molecule has 9 amide bonds. The Balaban J connectivity index is 6.58. The molecule has 0 bridgehead atoms. The van der Waals surface area contributed by atoms with Gasteiger partial charge in [-0.25, -0.2) is 4.79 Å². The van der Waals surface area contributed by atoms with Crippen LogP contribution in [-0.2, 0) is 47.9 Å². The van der Waals surface area contributed by atoms with Crippen LogP contribution in [0.15, 0.2) is 9.98 Å². The quantitative estimate of drug-likeness (QED) is 0.0118. The number of aliphatic hydroxyl groups excluding tert-OH is 2. The first kappa shape index (κ1) is 72.4. The van der Waals surface area contributed by atoms with Crippen LogP contribution in [0.2, 0.25) is 0 Å². The Labute approximate surface area is 467 Å². The van der Waals surface area contributed by atoms with E-state index < -0.39 is 138 Å². The number of guanidine groups is 2. The second kappa shape index (κ2) is 38.1. The normalized spacial score (nSPS) is 15.7. The van der Waals surface area contributed by atoms with Crippen molar-refractivity contribution in [2.45, 2.75) is 180 Å². The Bertz CT molecular complexity index is 2060. The van der Waals surface area contributed by atoms with Gasteiger partial charge in [0, 0.05) is 18.8 Å². The van der Waals surface area contributed by atoms with Gasteiger partial charge in [-0.15, -0.1) is 0 Å². The van der Waals surface area contributed by atoms with Crippen molar-refractivity contribution in [1.29, 1.82) is 0 Å². The third-order valence-corrected chi connectivity index (χ3v) is 12.6. The number of nitrogens with zero attached hydrogens (tertiary/aromatic N) is 2. The molecule has 12 atom stereocenters. The lowest BCUT2D eigenvalue weighted by molar-refractivity contribution is -0.142. The van der Waals surface area contributed by atoms with Crippen LogP contribution in [0.3, 0.4) is 0 Å². The minimum atomic E-state index is -1.74. The minimum absolute atomic E-state index is 0.00525. The molecular weight excluding hydrogens is 1050 g/mol. The third-order valence-electron chi connectivity index (χ3n) is 12.3. The van der Waals surface area contributed by atoms with Crippen molar-refractivity contribution in [3.63, 3.8) is 0 Å². The lowest BCUT2D eigenvalue weighted by Crippen LogP contribution is -2.63. The van der Waals surface area contributed by atoms with Gasteiger partial charge < -0.3 is 97.6 Å². The number of amides is 9. The molecule has 24 N–H and O–H groups in total. The largest absolute Gasteiger partial charge is 0.480 e. The maximum atomic E-state index is 14.2. The highest BCUT2D eigenvalue weighted by Crippen LogP contribution is 2.13. The summed E-state index contributed by atoms with van der Waals surface area (Å²) < 4.78 is 0. The summed E-state index contributed by atoms with van der Waals surface area (Å²) in [6.07, 6.45) is -1.91. The van der Waals surface area contributed by atoms with Crippen LogP contribution in [0.1, 0.15) is 113 Å². The first-order valence-electron chi connectivity index (χ1n) is 26.4. The zero-order chi connectivity index (χ0) is 60.7. The van der Waals surface area contributed by atoms with Crippen molar-refractivity contribution >= 4 is 83.7 Å². The van der Waals surface area contributed by atoms with Gasteiger partial charge in [0.1, 0.15) is 48.3 Å². The van der Waals surface area contributed by atoms with Crippen molar-refractivity contribution in [2.24, 2.45) is 62.1 Å². The summed E-state index contributed by atoms with van der Waals surface area (Å²) in [5.74, 6) is -11.1. The molecule has 0 aromatic heterocycles. The molecule has 0 aromatic rings. The maximum absolute atomic E-state index is 14.2. The summed E-state index contributed by atoms with van der Waals surface area (Å²) in [7, 11) is 0. The standard InChI is InChI=1S/C48H91N17O13S/c1-9-25(6)35(63-45(76)37(27(8)67)64-40(71)31(20-23(2)3)61-44(75)36(26(7)66)65-41(72)32(22-79)62-42(73)34(50)24(4)5)43(74)60-29(14-10-11-17-49)39(70)59-28(15-12-18-55-47(51)52)38(69)57-21-33(68)58-30(46(77)78)16-13-19-56-48(53)54/h23-32,34-37,66-67,79H,9-22,49-50H2,1-8H3,(H,57,69)(H,58,68)(H,59,70)(H,60,74)(H,61,75)(H,62,73)(H,63,76)(H,64,71)(H,65,72)(H,77,78)(H4,51,52,55)(H4,53,54,56)/t25-,26+,27+,28-,29-,30-,31-,32-,34-,35-,36-,37-/m0/s1. The molecule has 0 saturated carbocycles. The van der Waals surface area contributed by atoms with E-state index >= 15 is 0 Å². The Kier molecular flexibility index (Phi) is 34.9. The lowest BCUT2D eigenvalue weighted by atomic mass is 9.96. The number of aliphatic carboxylic acids is 1. The summed E-state index contributed by atoms with van der Waals surface area (Å²) in [6.45, 7) is 12.3. The predicted molar refractivity (Wildman–Crippen MR) is 298 cm³/mol. The fraction of sp³-hybridized carbons (Fsp3) is 0.750. The molecule has 31 heteroatoms. The molecule has 0 aromatic carbocycles. The van der Waals surface area contributed by atoms with E-state index in [1.807, 2.05) is 0 Å². The Morgan fingerprint density at radius 2 is 0.937 bits per heavy atom. The molecule has 0 saturated heterocycles. The van der Waals surface area contributed by atoms with Crippen molar-refractivity contribution in [2.75, 3.05) is 31.9 Å². The zero-order valence-electron chi connectivity index (χ0n) is 46.7. The molecule has 0 unspecified atom stereocenters. The van der Waals surface area contributed by atoms with Gasteiger partial charge in [-0.05, 0) is 89.5 Å². The summed E-state index contributed by atoms with van der Waals surface area (Å²) in [6, 6.07) is -12.5. The Morgan fingerprint density at radius 1 is 0.519 bits per heavy atom. The number of nitrogens with one attached hydrogen (secondary N) is 9. The molecule has 30 nitrogen and oxygen atoms in total. The number of nitrogens with two attached hydrogens (primary N) is 6. The Morgan fingerprint density at radius 3 is 1.39 bits per heavy atom. The summed E-state index contributed by atoms with van der Waals surface area (Å²) in [5.41, 5.74) is 33.2. The van der Waals surface area contributed by atoms with Gasteiger partial charge in [0.2, 0.25) is 53.2 Å². The number of unbranched alkanes of at least 4 members (excludes halogenated alkanes) is 1. The molecule has 0 heterocycles. The van der Waals surface area contributed by atoms with Crippen LogP contribution < -0.4 is 82.3 Å².